The third-order valence-electron chi connectivity index (χ3n) is 7.15. The van der Waals surface area contributed by atoms with Gasteiger partial charge < -0.3 is 19.1 Å². The summed E-state index contributed by atoms with van der Waals surface area (Å²) < 4.78 is 7.14. The number of benzene rings is 1. The number of fused-ring (bicyclic) bond motifs is 1. The summed E-state index contributed by atoms with van der Waals surface area (Å²) in [6.07, 6.45) is 2.09. The number of hydrogen-bond acceptors (Lipinski definition) is 5. The summed E-state index contributed by atoms with van der Waals surface area (Å²) in [4.78, 5) is 43.7. The van der Waals surface area contributed by atoms with Crippen LogP contribution in [0.3, 0.4) is 0 Å². The van der Waals surface area contributed by atoms with Gasteiger partial charge in [0.15, 0.2) is 0 Å². The zero-order valence-electron chi connectivity index (χ0n) is 20.0. The Bertz CT molecular complexity index is 1300. The molecule has 0 bridgehead atoms. The zero-order valence-corrected chi connectivity index (χ0v) is 20.8. The molecule has 0 radical (unpaired) electrons. The van der Waals surface area contributed by atoms with E-state index in [0.29, 0.717) is 43.9 Å². The van der Waals surface area contributed by atoms with Gasteiger partial charge in [-0.25, -0.2) is 0 Å². The topological polar surface area (TPSA) is 71.8 Å². The van der Waals surface area contributed by atoms with Crippen LogP contribution in [0, 0.1) is 0 Å². The molecule has 1 aromatic carbocycles. The first-order valence-corrected chi connectivity index (χ1v) is 12.8. The zero-order chi connectivity index (χ0) is 24.6. The SMILES string of the molecule is COc1cc(=O)n2c(c1C(=O)N(C)Cc1ccsc1)CCN(C(=O)C1(c3ccccc3)CC1)CC2. The van der Waals surface area contributed by atoms with E-state index in [-0.39, 0.29) is 23.1 Å². The molecule has 3 heterocycles. The van der Waals surface area contributed by atoms with Crippen molar-refractivity contribution in [2.45, 2.75) is 37.8 Å². The van der Waals surface area contributed by atoms with Crippen molar-refractivity contribution >= 4 is 23.2 Å². The average molecular weight is 492 g/mol. The second kappa shape index (κ2) is 9.34. The maximum Gasteiger partial charge on any atom is 0.259 e. The monoisotopic (exact) mass is 491 g/mol. The van der Waals surface area contributed by atoms with Gasteiger partial charge in [-0.1, -0.05) is 30.3 Å². The molecule has 0 unspecified atom stereocenters. The molecule has 182 valence electrons. The minimum Gasteiger partial charge on any atom is -0.496 e. The second-order valence-corrected chi connectivity index (χ2v) is 10.1. The van der Waals surface area contributed by atoms with E-state index in [1.54, 1.807) is 27.9 Å². The lowest BCUT2D eigenvalue weighted by Gasteiger charge is -2.26. The molecule has 1 aliphatic carbocycles. The predicted molar refractivity (Wildman–Crippen MR) is 135 cm³/mol. The largest absolute Gasteiger partial charge is 0.496 e. The highest BCUT2D eigenvalue weighted by atomic mass is 32.1. The Balaban J connectivity index is 1.43. The van der Waals surface area contributed by atoms with Crippen LogP contribution >= 0.6 is 11.3 Å². The maximum absolute atomic E-state index is 13.6. The van der Waals surface area contributed by atoms with Gasteiger partial charge in [-0.05, 0) is 40.8 Å². The molecule has 3 aromatic rings. The molecule has 0 N–H and O–H groups in total. The average Bonchev–Trinajstić information content (AvgIpc) is 3.59. The number of ether oxygens (including phenoxy) is 1. The van der Waals surface area contributed by atoms with Crippen LogP contribution in [0.5, 0.6) is 5.75 Å². The van der Waals surface area contributed by atoms with Gasteiger partial charge >= 0.3 is 0 Å². The van der Waals surface area contributed by atoms with Crippen molar-refractivity contribution in [2.75, 3.05) is 27.2 Å². The van der Waals surface area contributed by atoms with Gasteiger partial charge in [0.1, 0.15) is 11.3 Å². The number of pyridine rings is 1. The van der Waals surface area contributed by atoms with Crippen molar-refractivity contribution < 1.29 is 14.3 Å². The molecule has 1 fully saturated rings. The van der Waals surface area contributed by atoms with Crippen molar-refractivity contribution in [3.63, 3.8) is 0 Å². The highest BCUT2D eigenvalue weighted by Crippen LogP contribution is 2.49. The molecule has 7 nitrogen and oxygen atoms in total. The standard InChI is InChI=1S/C27H29N3O4S/c1-28(17-19-9-15-35-18-19)25(32)24-21-8-12-29(13-14-30(21)23(31)16-22(24)34-2)26(33)27(10-11-27)20-6-4-3-5-7-20/h3-7,9,15-16,18H,8,10-14,17H2,1-2H3. The van der Waals surface area contributed by atoms with Crippen LogP contribution in [-0.4, -0.2) is 53.4 Å². The molecule has 2 aromatic heterocycles. The van der Waals surface area contributed by atoms with Crippen LogP contribution in [0.15, 0.2) is 58.0 Å². The second-order valence-electron chi connectivity index (χ2n) is 9.31. The number of hydrogen-bond donors (Lipinski definition) is 0. The normalized spacial score (nSPS) is 16.2. The molecule has 0 saturated heterocycles. The number of carbonyl (C=O) groups excluding carboxylic acids is 2. The summed E-state index contributed by atoms with van der Waals surface area (Å²) in [6, 6.07) is 13.3. The Morgan fingerprint density at radius 2 is 1.89 bits per heavy atom. The van der Waals surface area contributed by atoms with Crippen LogP contribution in [0.25, 0.3) is 0 Å². The number of thiophene rings is 1. The number of methoxy groups -OCH3 is 1. The first-order valence-electron chi connectivity index (χ1n) is 11.9. The molecule has 5 rings (SSSR count). The van der Waals surface area contributed by atoms with E-state index in [1.165, 1.54) is 13.2 Å². The summed E-state index contributed by atoms with van der Waals surface area (Å²) in [7, 11) is 3.23. The molecular formula is C27H29N3O4S. The Hall–Kier alpha value is -3.39. The highest BCUT2D eigenvalue weighted by molar-refractivity contribution is 7.07. The number of rotatable bonds is 6. The van der Waals surface area contributed by atoms with Crippen molar-refractivity contribution in [1.82, 2.24) is 14.4 Å². The van der Waals surface area contributed by atoms with Gasteiger partial charge in [0.25, 0.3) is 11.5 Å². The lowest BCUT2D eigenvalue weighted by atomic mass is 9.94. The third-order valence-corrected chi connectivity index (χ3v) is 7.88. The van der Waals surface area contributed by atoms with E-state index in [2.05, 4.69) is 0 Å². The molecule has 1 aliphatic heterocycles. The van der Waals surface area contributed by atoms with Crippen LogP contribution in [-0.2, 0) is 29.7 Å². The lowest BCUT2D eigenvalue weighted by Crippen LogP contribution is -2.41. The predicted octanol–water partition coefficient (Wildman–Crippen LogP) is 3.31. The minimum absolute atomic E-state index is 0.110. The van der Waals surface area contributed by atoms with E-state index in [4.69, 9.17) is 4.74 Å². The van der Waals surface area contributed by atoms with Gasteiger partial charge in [-0.15, -0.1) is 0 Å². The number of amides is 2. The van der Waals surface area contributed by atoms with Crippen molar-refractivity contribution in [2.24, 2.45) is 0 Å². The number of nitrogens with zero attached hydrogens (tertiary/aromatic N) is 3. The molecular weight excluding hydrogens is 462 g/mol. The highest BCUT2D eigenvalue weighted by Gasteiger charge is 2.53. The summed E-state index contributed by atoms with van der Waals surface area (Å²) in [5, 5.41) is 4.00. The molecule has 2 aliphatic rings. The van der Waals surface area contributed by atoms with E-state index in [0.717, 1.165) is 24.0 Å². The van der Waals surface area contributed by atoms with Crippen LogP contribution in [0.4, 0.5) is 0 Å². The van der Waals surface area contributed by atoms with Crippen LogP contribution in [0.2, 0.25) is 0 Å². The Morgan fingerprint density at radius 1 is 1.11 bits per heavy atom. The molecule has 35 heavy (non-hydrogen) atoms. The Kier molecular flexibility index (Phi) is 6.23. The maximum atomic E-state index is 13.6. The molecule has 0 spiro atoms. The summed E-state index contributed by atoms with van der Waals surface area (Å²) >= 11 is 1.59. The van der Waals surface area contributed by atoms with Crippen LogP contribution < -0.4 is 10.3 Å². The smallest absolute Gasteiger partial charge is 0.259 e. The molecule has 2 amide bonds. The van der Waals surface area contributed by atoms with Gasteiger partial charge in [0, 0.05) is 51.4 Å². The molecule has 0 atom stereocenters. The van der Waals surface area contributed by atoms with E-state index in [1.807, 2.05) is 52.1 Å². The van der Waals surface area contributed by atoms with Crippen LogP contribution in [0.1, 0.15) is 40.0 Å². The van der Waals surface area contributed by atoms with Gasteiger partial charge in [-0.3, -0.25) is 14.4 Å². The van der Waals surface area contributed by atoms with Crippen molar-refractivity contribution in [1.29, 1.82) is 0 Å². The van der Waals surface area contributed by atoms with Crippen molar-refractivity contribution in [3.8, 4) is 5.75 Å². The Morgan fingerprint density at radius 3 is 2.54 bits per heavy atom. The first kappa shape index (κ1) is 23.4. The van der Waals surface area contributed by atoms with E-state index in [9.17, 15) is 14.4 Å². The summed E-state index contributed by atoms with van der Waals surface area (Å²) in [5.41, 5.74) is 2.47. The summed E-state index contributed by atoms with van der Waals surface area (Å²) in [5.74, 6) is 0.199. The Labute approximate surface area is 208 Å². The fraction of sp³-hybridized carbons (Fsp3) is 0.370. The van der Waals surface area contributed by atoms with Gasteiger partial charge in [0.05, 0.1) is 12.5 Å². The molecule has 1 saturated carbocycles. The fourth-order valence-corrected chi connectivity index (χ4v) is 5.73. The first-order chi connectivity index (χ1) is 16.9. The van der Waals surface area contributed by atoms with Gasteiger partial charge in [0.2, 0.25) is 5.91 Å². The van der Waals surface area contributed by atoms with E-state index >= 15 is 0 Å². The molecule has 8 heteroatoms. The lowest BCUT2D eigenvalue weighted by molar-refractivity contribution is -0.134. The van der Waals surface area contributed by atoms with Gasteiger partial charge in [-0.2, -0.15) is 11.3 Å². The fourth-order valence-electron chi connectivity index (χ4n) is 5.07. The third kappa shape index (κ3) is 4.27. The quantitative estimate of drug-likeness (QED) is 0.531. The summed E-state index contributed by atoms with van der Waals surface area (Å²) in [6.45, 7) is 1.71. The minimum atomic E-state index is -0.458. The van der Waals surface area contributed by atoms with Crippen molar-refractivity contribution in [3.05, 3.63) is 86.0 Å². The number of carbonyl (C=O) groups is 2. The number of aromatic nitrogens is 1. The van der Waals surface area contributed by atoms with E-state index < -0.39 is 5.41 Å².